The van der Waals surface area contributed by atoms with Crippen molar-refractivity contribution in [3.8, 4) is 17.2 Å². The fraction of sp³-hybridized carbons (Fsp3) is 0.217. The van der Waals surface area contributed by atoms with E-state index >= 15 is 0 Å². The van der Waals surface area contributed by atoms with Crippen LogP contribution in [0.2, 0.25) is 5.02 Å². The highest BCUT2D eigenvalue weighted by atomic mass is 35.5. The Kier molecular flexibility index (Phi) is 7.43. The highest BCUT2D eigenvalue weighted by molar-refractivity contribution is 6.30. The molecular formula is C23H23ClO3. The lowest BCUT2D eigenvalue weighted by molar-refractivity contribution is 0.265. The zero-order chi connectivity index (χ0) is 18.7. The molecule has 0 saturated carbocycles. The molecule has 0 N–H and O–H groups in total. The van der Waals surface area contributed by atoms with Crippen molar-refractivity contribution < 1.29 is 14.2 Å². The predicted molar refractivity (Wildman–Crippen MR) is 109 cm³/mol. The quantitative estimate of drug-likeness (QED) is 0.393. The Labute approximate surface area is 165 Å². The van der Waals surface area contributed by atoms with E-state index in [9.17, 15) is 0 Å². The van der Waals surface area contributed by atoms with Crippen LogP contribution in [0.1, 0.15) is 18.4 Å². The van der Waals surface area contributed by atoms with Crippen molar-refractivity contribution in [1.29, 1.82) is 0 Å². The van der Waals surface area contributed by atoms with E-state index in [4.69, 9.17) is 25.8 Å². The van der Waals surface area contributed by atoms with Gasteiger partial charge in [-0.1, -0.05) is 41.9 Å². The summed E-state index contributed by atoms with van der Waals surface area (Å²) in [5, 5.41) is 0.715. The molecule has 0 radical (unpaired) electrons. The van der Waals surface area contributed by atoms with Crippen molar-refractivity contribution in [1.82, 2.24) is 0 Å². The monoisotopic (exact) mass is 382 g/mol. The Bertz CT molecular complexity index is 786. The van der Waals surface area contributed by atoms with Gasteiger partial charge in [-0.3, -0.25) is 0 Å². The third-order valence-corrected chi connectivity index (χ3v) is 4.21. The van der Waals surface area contributed by atoms with Gasteiger partial charge in [0.1, 0.15) is 23.9 Å². The summed E-state index contributed by atoms with van der Waals surface area (Å²) >= 11 is 5.85. The maximum absolute atomic E-state index is 5.85. The maximum Gasteiger partial charge on any atom is 0.120 e. The number of hydrogen-bond acceptors (Lipinski definition) is 3. The van der Waals surface area contributed by atoms with E-state index in [1.165, 1.54) is 0 Å². The number of hydrogen-bond donors (Lipinski definition) is 0. The fourth-order valence-corrected chi connectivity index (χ4v) is 2.61. The van der Waals surface area contributed by atoms with E-state index in [1.54, 1.807) is 0 Å². The first-order valence-electron chi connectivity index (χ1n) is 9.07. The molecule has 0 spiro atoms. The summed E-state index contributed by atoms with van der Waals surface area (Å²) in [6.07, 6.45) is 1.86. The average molecular weight is 383 g/mol. The van der Waals surface area contributed by atoms with Gasteiger partial charge in [-0.05, 0) is 66.9 Å². The molecular weight excluding hydrogens is 360 g/mol. The second kappa shape index (κ2) is 10.5. The number of benzene rings is 3. The number of unbranched alkanes of at least 4 members (excludes halogenated alkanes) is 1. The molecule has 0 aliphatic rings. The lowest BCUT2D eigenvalue weighted by atomic mass is 10.2. The van der Waals surface area contributed by atoms with Gasteiger partial charge in [-0.25, -0.2) is 0 Å². The van der Waals surface area contributed by atoms with Crippen molar-refractivity contribution in [2.45, 2.75) is 19.4 Å². The van der Waals surface area contributed by atoms with Crippen LogP contribution in [-0.4, -0.2) is 13.2 Å². The summed E-state index contributed by atoms with van der Waals surface area (Å²) in [6, 6.07) is 25.3. The van der Waals surface area contributed by atoms with Crippen LogP contribution in [0.5, 0.6) is 17.2 Å². The molecule has 0 unspecified atom stereocenters. The van der Waals surface area contributed by atoms with E-state index in [2.05, 4.69) is 0 Å². The summed E-state index contributed by atoms with van der Waals surface area (Å²) in [4.78, 5) is 0. The molecule has 27 heavy (non-hydrogen) atoms. The Hall–Kier alpha value is -2.65. The van der Waals surface area contributed by atoms with Gasteiger partial charge in [0, 0.05) is 5.02 Å². The third-order valence-electron chi connectivity index (χ3n) is 3.96. The predicted octanol–water partition coefficient (Wildman–Crippen LogP) is 6.16. The van der Waals surface area contributed by atoms with Crippen molar-refractivity contribution in [3.63, 3.8) is 0 Å². The smallest absolute Gasteiger partial charge is 0.120 e. The fourth-order valence-electron chi connectivity index (χ4n) is 2.49. The summed E-state index contributed by atoms with van der Waals surface area (Å²) in [7, 11) is 0. The van der Waals surface area contributed by atoms with E-state index < -0.39 is 0 Å². The normalized spacial score (nSPS) is 10.4. The molecule has 0 atom stereocenters. The number of ether oxygens (including phenoxy) is 3. The Morgan fingerprint density at radius 3 is 1.59 bits per heavy atom. The van der Waals surface area contributed by atoms with Gasteiger partial charge < -0.3 is 14.2 Å². The first-order chi connectivity index (χ1) is 13.3. The van der Waals surface area contributed by atoms with Gasteiger partial charge in [-0.15, -0.1) is 0 Å². The molecule has 0 heterocycles. The number of halogens is 1. The Morgan fingerprint density at radius 1 is 0.556 bits per heavy atom. The molecule has 0 aliphatic carbocycles. The molecule has 0 fully saturated rings. The highest BCUT2D eigenvalue weighted by Gasteiger charge is 1.99. The van der Waals surface area contributed by atoms with Gasteiger partial charge in [0.05, 0.1) is 13.2 Å². The third kappa shape index (κ3) is 6.87. The van der Waals surface area contributed by atoms with Crippen LogP contribution in [0.4, 0.5) is 0 Å². The van der Waals surface area contributed by atoms with Gasteiger partial charge in [-0.2, -0.15) is 0 Å². The first-order valence-corrected chi connectivity index (χ1v) is 9.45. The average Bonchev–Trinajstić information content (AvgIpc) is 2.72. The van der Waals surface area contributed by atoms with Crippen LogP contribution in [0.15, 0.2) is 78.9 Å². The van der Waals surface area contributed by atoms with Crippen LogP contribution in [-0.2, 0) is 6.61 Å². The van der Waals surface area contributed by atoms with E-state index in [-0.39, 0.29) is 0 Å². The molecule has 0 bridgehead atoms. The molecule has 0 amide bonds. The molecule has 4 heteroatoms. The Morgan fingerprint density at radius 2 is 1.04 bits per heavy atom. The van der Waals surface area contributed by atoms with Gasteiger partial charge in [0.2, 0.25) is 0 Å². The van der Waals surface area contributed by atoms with Crippen LogP contribution in [0.25, 0.3) is 0 Å². The molecule has 3 aromatic rings. The van der Waals surface area contributed by atoms with Crippen molar-refractivity contribution in [3.05, 3.63) is 89.4 Å². The Balaban J connectivity index is 1.30. The summed E-state index contributed by atoms with van der Waals surface area (Å²) < 4.78 is 17.2. The molecule has 3 rings (SSSR count). The SMILES string of the molecule is Clc1ccc(OCCCCOc2ccc(OCc3ccccc3)cc2)cc1. The minimum absolute atomic E-state index is 0.564. The zero-order valence-corrected chi connectivity index (χ0v) is 15.9. The zero-order valence-electron chi connectivity index (χ0n) is 15.1. The van der Waals surface area contributed by atoms with Crippen LogP contribution in [0.3, 0.4) is 0 Å². The summed E-state index contributed by atoms with van der Waals surface area (Å²) in [5.41, 5.74) is 1.15. The largest absolute Gasteiger partial charge is 0.494 e. The van der Waals surface area contributed by atoms with Crippen molar-refractivity contribution in [2.24, 2.45) is 0 Å². The van der Waals surface area contributed by atoms with Crippen molar-refractivity contribution in [2.75, 3.05) is 13.2 Å². The maximum atomic E-state index is 5.85. The molecule has 0 aromatic heterocycles. The van der Waals surface area contributed by atoms with Gasteiger partial charge in [0.25, 0.3) is 0 Å². The minimum Gasteiger partial charge on any atom is -0.494 e. The van der Waals surface area contributed by atoms with E-state index in [1.807, 2.05) is 78.9 Å². The van der Waals surface area contributed by atoms with Crippen LogP contribution >= 0.6 is 11.6 Å². The molecule has 140 valence electrons. The minimum atomic E-state index is 0.564. The standard InChI is InChI=1S/C23H23ClO3/c24-20-8-10-21(11-9-20)25-16-4-5-17-26-22-12-14-23(15-13-22)27-18-19-6-2-1-3-7-19/h1-3,6-15H,4-5,16-18H2. The van der Waals surface area contributed by atoms with Crippen LogP contribution in [0, 0.1) is 0 Å². The van der Waals surface area contributed by atoms with Gasteiger partial charge in [0.15, 0.2) is 0 Å². The molecule has 0 saturated heterocycles. The topological polar surface area (TPSA) is 27.7 Å². The second-order valence-electron chi connectivity index (χ2n) is 6.10. The van der Waals surface area contributed by atoms with Gasteiger partial charge >= 0.3 is 0 Å². The molecule has 3 aromatic carbocycles. The summed E-state index contributed by atoms with van der Waals surface area (Å²) in [5.74, 6) is 2.52. The first kappa shape index (κ1) is 19.1. The van der Waals surface area contributed by atoms with Crippen molar-refractivity contribution >= 4 is 11.6 Å². The molecule has 3 nitrogen and oxygen atoms in total. The summed E-state index contributed by atoms with van der Waals surface area (Å²) in [6.45, 7) is 1.89. The molecule has 0 aliphatic heterocycles. The number of rotatable bonds is 10. The second-order valence-corrected chi connectivity index (χ2v) is 6.54. The van der Waals surface area contributed by atoms with Crippen LogP contribution < -0.4 is 14.2 Å². The lowest BCUT2D eigenvalue weighted by Gasteiger charge is -2.09. The van der Waals surface area contributed by atoms with E-state index in [0.29, 0.717) is 24.8 Å². The highest BCUT2D eigenvalue weighted by Crippen LogP contribution is 2.19. The lowest BCUT2D eigenvalue weighted by Crippen LogP contribution is -2.02. The van der Waals surface area contributed by atoms with E-state index in [0.717, 1.165) is 35.7 Å².